The summed E-state index contributed by atoms with van der Waals surface area (Å²) in [4.78, 5) is 10.6. The van der Waals surface area contributed by atoms with Crippen LogP contribution in [0, 0.1) is 17.8 Å². The molecule has 1 N–H and O–H groups in total. The van der Waals surface area contributed by atoms with E-state index in [1.165, 1.54) is 88.6 Å². The topological polar surface area (TPSA) is 46.5 Å². The zero-order chi connectivity index (χ0) is 22.4. The molecule has 1 saturated carbocycles. The first-order chi connectivity index (χ1) is 15.7. The summed E-state index contributed by atoms with van der Waals surface area (Å²) in [5, 5.41) is 8.73. The highest BCUT2D eigenvalue weighted by Crippen LogP contribution is 2.47. The maximum absolute atomic E-state index is 10.6. The van der Waals surface area contributed by atoms with Crippen LogP contribution in [0.1, 0.15) is 103 Å². The van der Waals surface area contributed by atoms with E-state index in [1.54, 1.807) is 0 Å². The number of unbranched alkanes of at least 4 members (excludes halogenated alkanes) is 2. The van der Waals surface area contributed by atoms with Crippen LogP contribution in [-0.2, 0) is 9.53 Å². The van der Waals surface area contributed by atoms with Gasteiger partial charge in [-0.1, -0.05) is 62.8 Å². The van der Waals surface area contributed by atoms with Gasteiger partial charge < -0.3 is 9.84 Å². The molecular weight excluding hydrogens is 416 g/mol. The molecule has 32 heavy (non-hydrogen) atoms. The van der Waals surface area contributed by atoms with Crippen molar-refractivity contribution in [1.82, 2.24) is 0 Å². The normalized spacial score (nSPS) is 28.4. The third-order valence-electron chi connectivity index (χ3n) is 7.85. The number of carboxylic acid groups (broad SMARTS) is 1. The Morgan fingerprint density at radius 3 is 2.44 bits per heavy atom. The molecule has 0 unspecified atom stereocenters. The maximum Gasteiger partial charge on any atom is 0.303 e. The van der Waals surface area contributed by atoms with Gasteiger partial charge in [-0.15, -0.1) is 0 Å². The smallest absolute Gasteiger partial charge is 0.303 e. The molecule has 3 nitrogen and oxygen atoms in total. The lowest BCUT2D eigenvalue weighted by atomic mass is 9.75. The highest BCUT2D eigenvalue weighted by atomic mass is 32.2. The molecule has 3 fully saturated rings. The maximum atomic E-state index is 10.6. The minimum atomic E-state index is -0.691. The molecule has 0 amide bonds. The highest BCUT2D eigenvalue weighted by molar-refractivity contribution is 7.99. The van der Waals surface area contributed by atoms with Gasteiger partial charge in [-0.3, -0.25) is 4.79 Å². The average molecular weight is 463 g/mol. The van der Waals surface area contributed by atoms with Crippen LogP contribution in [0.5, 0.6) is 0 Å². The number of rotatable bonds is 16. The Morgan fingerprint density at radius 2 is 1.62 bits per heavy atom. The van der Waals surface area contributed by atoms with Crippen LogP contribution in [0.15, 0.2) is 24.3 Å². The van der Waals surface area contributed by atoms with E-state index in [4.69, 9.17) is 9.84 Å². The number of thioether (sulfide) groups is 1. The Bertz CT molecular complexity index is 581. The number of ether oxygens (including phenoxy) is 1. The van der Waals surface area contributed by atoms with Crippen molar-refractivity contribution in [3.05, 3.63) is 24.3 Å². The van der Waals surface area contributed by atoms with Crippen molar-refractivity contribution >= 4 is 17.7 Å². The van der Waals surface area contributed by atoms with Crippen molar-refractivity contribution < 1.29 is 14.6 Å². The zero-order valence-corrected chi connectivity index (χ0v) is 20.9. The van der Waals surface area contributed by atoms with Crippen molar-refractivity contribution in [1.29, 1.82) is 0 Å². The van der Waals surface area contributed by atoms with Crippen molar-refractivity contribution in [2.24, 2.45) is 17.8 Å². The molecular formula is C28H46O3S. The van der Waals surface area contributed by atoms with Crippen LogP contribution in [-0.4, -0.2) is 34.8 Å². The Kier molecular flexibility index (Phi) is 12.3. The van der Waals surface area contributed by atoms with Gasteiger partial charge in [0.1, 0.15) is 0 Å². The molecule has 0 radical (unpaired) electrons. The summed E-state index contributed by atoms with van der Waals surface area (Å²) in [6.45, 7) is 0. The van der Waals surface area contributed by atoms with Gasteiger partial charge in [0.05, 0.1) is 12.2 Å². The minimum absolute atomic E-state index is 0.276. The first-order valence-electron chi connectivity index (χ1n) is 13.5. The lowest BCUT2D eigenvalue weighted by molar-refractivity contribution is -0.137. The predicted octanol–water partition coefficient (Wildman–Crippen LogP) is 7.80. The van der Waals surface area contributed by atoms with Crippen molar-refractivity contribution in [3.63, 3.8) is 0 Å². The van der Waals surface area contributed by atoms with Gasteiger partial charge in [-0.2, -0.15) is 11.8 Å². The average Bonchev–Trinajstić information content (AvgIpc) is 3.40. The molecule has 2 heterocycles. The van der Waals surface area contributed by atoms with Crippen molar-refractivity contribution in [2.75, 3.05) is 11.5 Å². The van der Waals surface area contributed by atoms with Crippen molar-refractivity contribution in [2.45, 2.75) is 115 Å². The molecule has 3 aliphatic rings. The third-order valence-corrected chi connectivity index (χ3v) is 8.86. The molecule has 4 heteroatoms. The van der Waals surface area contributed by atoms with E-state index in [0.717, 1.165) is 31.1 Å². The van der Waals surface area contributed by atoms with E-state index in [9.17, 15) is 4.79 Å². The van der Waals surface area contributed by atoms with Gasteiger partial charge in [0.25, 0.3) is 0 Å². The number of hydrogen-bond acceptors (Lipinski definition) is 3. The summed E-state index contributed by atoms with van der Waals surface area (Å²) in [5.74, 6) is 4.20. The molecule has 0 aromatic heterocycles. The van der Waals surface area contributed by atoms with Gasteiger partial charge in [0.2, 0.25) is 0 Å². The second-order valence-corrected chi connectivity index (χ2v) is 11.4. The summed E-state index contributed by atoms with van der Waals surface area (Å²) in [5.41, 5.74) is 0. The summed E-state index contributed by atoms with van der Waals surface area (Å²) in [6, 6.07) is 0. The van der Waals surface area contributed by atoms with E-state index < -0.39 is 5.97 Å². The fraction of sp³-hybridized carbons (Fsp3) is 0.821. The second kappa shape index (κ2) is 15.2. The summed E-state index contributed by atoms with van der Waals surface area (Å²) < 4.78 is 6.26. The van der Waals surface area contributed by atoms with Crippen LogP contribution in [0.2, 0.25) is 0 Å². The first kappa shape index (κ1) is 25.9. The van der Waals surface area contributed by atoms with Gasteiger partial charge in [0, 0.05) is 12.2 Å². The molecule has 2 saturated heterocycles. The third kappa shape index (κ3) is 9.25. The number of hydrogen-bond donors (Lipinski definition) is 1. The molecule has 182 valence electrons. The molecule has 0 aromatic carbocycles. The molecule has 1 aliphatic carbocycles. The van der Waals surface area contributed by atoms with Crippen LogP contribution in [0.4, 0.5) is 0 Å². The monoisotopic (exact) mass is 462 g/mol. The Labute approximate surface area is 200 Å². The Morgan fingerprint density at radius 1 is 0.844 bits per heavy atom. The van der Waals surface area contributed by atoms with Crippen LogP contribution in [0.3, 0.4) is 0 Å². The van der Waals surface area contributed by atoms with E-state index in [2.05, 4.69) is 36.1 Å². The minimum Gasteiger partial charge on any atom is -0.481 e. The summed E-state index contributed by atoms with van der Waals surface area (Å²) in [6.07, 6.45) is 29.8. The fourth-order valence-corrected chi connectivity index (χ4v) is 6.92. The number of carbonyl (C=O) groups is 1. The van der Waals surface area contributed by atoms with Gasteiger partial charge >= 0.3 is 5.97 Å². The molecule has 4 atom stereocenters. The molecule has 2 bridgehead atoms. The number of carboxylic acids is 1. The molecule has 2 aliphatic heterocycles. The Balaban J connectivity index is 1.21. The predicted molar refractivity (Wildman–Crippen MR) is 136 cm³/mol. The van der Waals surface area contributed by atoms with Gasteiger partial charge in [0.15, 0.2) is 0 Å². The molecule has 0 spiro atoms. The van der Waals surface area contributed by atoms with Crippen LogP contribution < -0.4 is 0 Å². The lowest BCUT2D eigenvalue weighted by Gasteiger charge is -2.27. The zero-order valence-electron chi connectivity index (χ0n) is 20.1. The largest absolute Gasteiger partial charge is 0.481 e. The molecule has 0 aromatic rings. The number of fused-ring (bicyclic) bond motifs is 2. The molecule has 3 rings (SSSR count). The van der Waals surface area contributed by atoms with Gasteiger partial charge in [-0.25, -0.2) is 0 Å². The Hall–Kier alpha value is -0.740. The van der Waals surface area contributed by atoms with Crippen LogP contribution >= 0.6 is 11.8 Å². The standard InChI is InChI=1S/C28H46O3S/c29-28(30)18-9-2-1-8-16-24-25(27-20-19-26(24)31-27)17-10-12-22-32-21-11-4-7-15-23-13-5-3-6-14-23/h1,4,8,11,23-27H,2-3,5-7,9-10,12-22H2,(H,29,30)/t24-,25+,26-,27+/m1/s1. The lowest BCUT2D eigenvalue weighted by Crippen LogP contribution is -2.26. The second-order valence-electron chi connectivity index (χ2n) is 10.2. The van der Waals surface area contributed by atoms with Crippen molar-refractivity contribution in [3.8, 4) is 0 Å². The summed E-state index contributed by atoms with van der Waals surface area (Å²) >= 11 is 2.09. The van der Waals surface area contributed by atoms with E-state index in [1.807, 2.05) is 0 Å². The quantitative estimate of drug-likeness (QED) is 0.188. The first-order valence-corrected chi connectivity index (χ1v) is 14.6. The van der Waals surface area contributed by atoms with Gasteiger partial charge in [-0.05, 0) is 81.3 Å². The SMILES string of the molecule is O=C(O)CCCC=CC[C@@H]1[C@H](CCCCSCC=CCCC2CCCCC2)[C@@H]2CC[C@H]1O2. The number of aliphatic carboxylic acids is 1. The van der Waals surface area contributed by atoms with Crippen LogP contribution in [0.25, 0.3) is 0 Å². The summed E-state index contributed by atoms with van der Waals surface area (Å²) in [7, 11) is 0. The van der Waals surface area contributed by atoms with E-state index in [-0.39, 0.29) is 6.42 Å². The fourth-order valence-electron chi connectivity index (χ4n) is 6.07. The van der Waals surface area contributed by atoms with E-state index >= 15 is 0 Å². The van der Waals surface area contributed by atoms with E-state index in [0.29, 0.717) is 18.1 Å². The number of allylic oxidation sites excluding steroid dienone is 3. The highest BCUT2D eigenvalue weighted by Gasteiger charge is 2.47.